The Hall–Kier alpha value is -0.660. The van der Waals surface area contributed by atoms with E-state index in [1.807, 2.05) is 0 Å². The number of aliphatic carboxylic acids is 1. The summed E-state index contributed by atoms with van der Waals surface area (Å²) in [6.07, 6.45) is 7.26. The van der Waals surface area contributed by atoms with Crippen molar-refractivity contribution in [2.45, 2.75) is 57.4 Å². The Morgan fingerprint density at radius 1 is 1.24 bits per heavy atom. The summed E-state index contributed by atoms with van der Waals surface area (Å²) in [4.78, 5) is 12.7. The predicted octanol–water partition coefficient (Wildman–Crippen LogP) is 1.43. The van der Waals surface area contributed by atoms with Gasteiger partial charge in [-0.05, 0) is 39.3 Å². The molecule has 0 radical (unpaired) electrons. The van der Waals surface area contributed by atoms with Crippen LogP contribution in [-0.2, 0) is 14.8 Å². The molecule has 0 aromatic rings. The van der Waals surface area contributed by atoms with E-state index in [2.05, 4.69) is 16.7 Å². The van der Waals surface area contributed by atoms with Crippen LogP contribution in [0.4, 0.5) is 0 Å². The Labute approximate surface area is 128 Å². The van der Waals surface area contributed by atoms with Gasteiger partial charge in [-0.2, -0.15) is 0 Å². The first-order valence-electron chi connectivity index (χ1n) is 7.80. The summed E-state index contributed by atoms with van der Waals surface area (Å²) in [7, 11) is -1.22. The van der Waals surface area contributed by atoms with Crippen molar-refractivity contribution in [2.75, 3.05) is 25.9 Å². The molecule has 0 bridgehead atoms. The maximum absolute atomic E-state index is 11.6. The Morgan fingerprint density at radius 3 is 2.52 bits per heavy atom. The van der Waals surface area contributed by atoms with Gasteiger partial charge in [-0.25, -0.2) is 13.1 Å². The zero-order chi connectivity index (χ0) is 15.7. The van der Waals surface area contributed by atoms with E-state index < -0.39 is 16.0 Å². The third kappa shape index (κ3) is 8.38. The Kier molecular flexibility index (Phi) is 8.21. The van der Waals surface area contributed by atoms with Gasteiger partial charge in [0.1, 0.15) is 0 Å². The van der Waals surface area contributed by atoms with Crippen LogP contribution in [0.2, 0.25) is 0 Å². The molecule has 1 saturated carbocycles. The van der Waals surface area contributed by atoms with Crippen molar-refractivity contribution >= 4 is 16.0 Å². The van der Waals surface area contributed by atoms with Crippen LogP contribution < -0.4 is 4.72 Å². The predicted molar refractivity (Wildman–Crippen MR) is 82.8 cm³/mol. The second-order valence-corrected chi connectivity index (χ2v) is 7.76. The molecule has 1 fully saturated rings. The van der Waals surface area contributed by atoms with Gasteiger partial charge in [0.25, 0.3) is 0 Å². The van der Waals surface area contributed by atoms with Gasteiger partial charge in [0.2, 0.25) is 10.0 Å². The van der Waals surface area contributed by atoms with Crippen molar-refractivity contribution in [3.05, 3.63) is 0 Å². The Balaban J connectivity index is 2.12. The van der Waals surface area contributed by atoms with Gasteiger partial charge < -0.3 is 10.0 Å². The Morgan fingerprint density at radius 2 is 1.90 bits per heavy atom. The molecule has 0 aromatic carbocycles. The van der Waals surface area contributed by atoms with E-state index in [0.717, 1.165) is 13.0 Å². The van der Waals surface area contributed by atoms with Gasteiger partial charge in [-0.3, -0.25) is 4.79 Å². The standard InChI is InChI=1S/C14H28N2O4S/c1-16(13-7-3-2-4-8-13)11-6-10-15-21(19,20)12-5-9-14(17)18/h13,15H,2-12H2,1H3,(H,17,18). The minimum absolute atomic E-state index is 0.106. The number of rotatable bonds is 10. The summed E-state index contributed by atoms with van der Waals surface area (Å²) >= 11 is 0. The first-order valence-corrected chi connectivity index (χ1v) is 9.45. The number of nitrogens with one attached hydrogen (secondary N) is 1. The fraction of sp³-hybridized carbons (Fsp3) is 0.929. The zero-order valence-corrected chi connectivity index (χ0v) is 13.7. The van der Waals surface area contributed by atoms with Crippen LogP contribution in [-0.4, -0.2) is 56.3 Å². The number of hydrogen-bond donors (Lipinski definition) is 2. The lowest BCUT2D eigenvalue weighted by Gasteiger charge is -2.31. The number of carbonyl (C=O) groups is 1. The van der Waals surface area contributed by atoms with Crippen LogP contribution >= 0.6 is 0 Å². The van der Waals surface area contributed by atoms with Gasteiger partial charge in [0, 0.05) is 19.0 Å². The molecule has 1 aliphatic rings. The van der Waals surface area contributed by atoms with E-state index in [9.17, 15) is 13.2 Å². The molecule has 0 aliphatic heterocycles. The van der Waals surface area contributed by atoms with E-state index in [0.29, 0.717) is 12.6 Å². The summed E-state index contributed by atoms with van der Waals surface area (Å²) in [5.41, 5.74) is 0. The first-order chi connectivity index (χ1) is 9.91. The molecular weight excluding hydrogens is 292 g/mol. The molecule has 0 unspecified atom stereocenters. The normalized spacial score (nSPS) is 17.2. The molecule has 0 amide bonds. The molecule has 1 rings (SSSR count). The Bertz CT molecular complexity index is 405. The fourth-order valence-electron chi connectivity index (χ4n) is 2.75. The third-order valence-electron chi connectivity index (χ3n) is 4.01. The van der Waals surface area contributed by atoms with Crippen molar-refractivity contribution in [2.24, 2.45) is 0 Å². The van der Waals surface area contributed by atoms with Crippen LogP contribution in [0, 0.1) is 0 Å². The van der Waals surface area contributed by atoms with E-state index in [4.69, 9.17) is 5.11 Å². The van der Waals surface area contributed by atoms with E-state index in [-0.39, 0.29) is 18.6 Å². The first kappa shape index (κ1) is 18.4. The van der Waals surface area contributed by atoms with E-state index >= 15 is 0 Å². The smallest absolute Gasteiger partial charge is 0.303 e. The average molecular weight is 320 g/mol. The van der Waals surface area contributed by atoms with Crippen LogP contribution in [0.3, 0.4) is 0 Å². The summed E-state index contributed by atoms with van der Waals surface area (Å²) in [5, 5.41) is 8.49. The second-order valence-electron chi connectivity index (χ2n) is 5.84. The minimum atomic E-state index is -3.33. The molecule has 0 atom stereocenters. The van der Waals surface area contributed by atoms with E-state index in [1.165, 1.54) is 32.1 Å². The lowest BCUT2D eigenvalue weighted by Crippen LogP contribution is -2.36. The van der Waals surface area contributed by atoms with Gasteiger partial charge in [0.15, 0.2) is 0 Å². The number of carboxylic acid groups (broad SMARTS) is 1. The molecule has 0 spiro atoms. The fourth-order valence-corrected chi connectivity index (χ4v) is 3.87. The third-order valence-corrected chi connectivity index (χ3v) is 5.48. The quantitative estimate of drug-likeness (QED) is 0.595. The average Bonchev–Trinajstić information content (AvgIpc) is 2.43. The number of carboxylic acids is 1. The van der Waals surface area contributed by atoms with E-state index in [1.54, 1.807) is 0 Å². The molecule has 1 aliphatic carbocycles. The van der Waals surface area contributed by atoms with Crippen LogP contribution in [0.15, 0.2) is 0 Å². The largest absolute Gasteiger partial charge is 0.481 e. The van der Waals surface area contributed by atoms with Crippen molar-refractivity contribution in [1.82, 2.24) is 9.62 Å². The van der Waals surface area contributed by atoms with Gasteiger partial charge >= 0.3 is 5.97 Å². The molecule has 0 saturated heterocycles. The number of hydrogen-bond acceptors (Lipinski definition) is 4. The molecule has 7 heteroatoms. The van der Waals surface area contributed by atoms with Crippen molar-refractivity contribution in [3.8, 4) is 0 Å². The summed E-state index contributed by atoms with van der Waals surface area (Å²) < 4.78 is 25.8. The number of nitrogens with zero attached hydrogens (tertiary/aromatic N) is 1. The SMILES string of the molecule is CN(CCCNS(=O)(=O)CCCC(=O)O)C1CCCCC1. The maximum Gasteiger partial charge on any atom is 0.303 e. The lowest BCUT2D eigenvalue weighted by atomic mass is 9.94. The summed E-state index contributed by atoms with van der Waals surface area (Å²) in [6, 6.07) is 0.644. The maximum atomic E-state index is 11.6. The zero-order valence-electron chi connectivity index (χ0n) is 12.9. The molecule has 21 heavy (non-hydrogen) atoms. The van der Waals surface area contributed by atoms with Crippen molar-refractivity contribution in [1.29, 1.82) is 0 Å². The minimum Gasteiger partial charge on any atom is -0.481 e. The molecular formula is C14H28N2O4S. The van der Waals surface area contributed by atoms with Gasteiger partial charge in [-0.15, -0.1) is 0 Å². The lowest BCUT2D eigenvalue weighted by molar-refractivity contribution is -0.137. The highest BCUT2D eigenvalue weighted by Gasteiger charge is 2.17. The second kappa shape index (κ2) is 9.38. The van der Waals surface area contributed by atoms with Crippen molar-refractivity contribution in [3.63, 3.8) is 0 Å². The molecule has 0 aromatic heterocycles. The topological polar surface area (TPSA) is 86.7 Å². The van der Waals surface area contributed by atoms with Crippen LogP contribution in [0.25, 0.3) is 0 Å². The summed E-state index contributed by atoms with van der Waals surface area (Å²) in [6.45, 7) is 1.31. The van der Waals surface area contributed by atoms with Crippen molar-refractivity contribution < 1.29 is 18.3 Å². The highest BCUT2D eigenvalue weighted by molar-refractivity contribution is 7.89. The van der Waals surface area contributed by atoms with Crippen LogP contribution in [0.5, 0.6) is 0 Å². The molecule has 124 valence electrons. The summed E-state index contributed by atoms with van der Waals surface area (Å²) in [5.74, 6) is -1.07. The molecule has 0 heterocycles. The number of sulfonamides is 1. The molecule has 2 N–H and O–H groups in total. The highest BCUT2D eigenvalue weighted by atomic mass is 32.2. The monoisotopic (exact) mass is 320 g/mol. The molecule has 6 nitrogen and oxygen atoms in total. The highest BCUT2D eigenvalue weighted by Crippen LogP contribution is 2.21. The van der Waals surface area contributed by atoms with Gasteiger partial charge in [-0.1, -0.05) is 19.3 Å². The van der Waals surface area contributed by atoms with Gasteiger partial charge in [0.05, 0.1) is 5.75 Å². The van der Waals surface area contributed by atoms with Crippen LogP contribution in [0.1, 0.15) is 51.4 Å².